The van der Waals surface area contributed by atoms with Gasteiger partial charge in [0.05, 0.1) is 0 Å². The molecule has 0 aliphatic carbocycles. The Bertz CT molecular complexity index is 618. The molecule has 0 bridgehead atoms. The van der Waals surface area contributed by atoms with Crippen molar-refractivity contribution in [3.8, 4) is 11.8 Å². The SMILES string of the molecule is C=C/C1=C(\C=C)CN(C(=O)C(C)C)C/C=C\C=C/C(=C)C#C1. The quantitative estimate of drug-likeness (QED) is 0.724. The lowest BCUT2D eigenvalue weighted by Crippen LogP contribution is -2.36. The molecule has 0 saturated heterocycles. The van der Waals surface area contributed by atoms with Gasteiger partial charge in [0.25, 0.3) is 0 Å². The Balaban J connectivity index is 3.30. The zero-order valence-electron chi connectivity index (χ0n) is 13.4. The third kappa shape index (κ3) is 5.10. The first-order chi connectivity index (χ1) is 10.5. The molecule has 0 atom stereocenters. The van der Waals surface area contributed by atoms with Crippen LogP contribution in [0.2, 0.25) is 0 Å². The van der Waals surface area contributed by atoms with Crippen LogP contribution in [0.3, 0.4) is 0 Å². The standard InChI is InChI=1S/C20H23NO/c1-6-18-13-12-17(5)11-9-8-10-14-21(15-19(18)7-2)20(22)16(3)4/h6-11,16H,1-2,5,14-15H2,3-4H3/b10-8-,11-9-,19-18-. The van der Waals surface area contributed by atoms with Crippen LogP contribution in [-0.2, 0) is 4.79 Å². The van der Waals surface area contributed by atoms with Gasteiger partial charge in [0.2, 0.25) is 5.91 Å². The van der Waals surface area contributed by atoms with Crippen molar-refractivity contribution in [1.82, 2.24) is 4.90 Å². The van der Waals surface area contributed by atoms with Crippen molar-refractivity contribution >= 4 is 5.91 Å². The number of nitrogens with zero attached hydrogens (tertiary/aromatic N) is 1. The Hall–Kier alpha value is -2.53. The highest BCUT2D eigenvalue weighted by molar-refractivity contribution is 5.78. The van der Waals surface area contributed by atoms with Crippen LogP contribution in [0.1, 0.15) is 13.8 Å². The lowest BCUT2D eigenvalue weighted by atomic mass is 10.1. The minimum absolute atomic E-state index is 0.0547. The highest BCUT2D eigenvalue weighted by atomic mass is 16.2. The van der Waals surface area contributed by atoms with Crippen molar-refractivity contribution in [2.75, 3.05) is 13.1 Å². The van der Waals surface area contributed by atoms with Gasteiger partial charge in [0.15, 0.2) is 0 Å². The van der Waals surface area contributed by atoms with Crippen molar-refractivity contribution in [1.29, 1.82) is 0 Å². The van der Waals surface area contributed by atoms with Crippen molar-refractivity contribution in [2.45, 2.75) is 13.8 Å². The van der Waals surface area contributed by atoms with Crippen molar-refractivity contribution in [3.63, 3.8) is 0 Å². The smallest absolute Gasteiger partial charge is 0.225 e. The van der Waals surface area contributed by atoms with Crippen molar-refractivity contribution < 1.29 is 4.79 Å². The van der Waals surface area contributed by atoms with Gasteiger partial charge in [0.1, 0.15) is 0 Å². The first-order valence-corrected chi connectivity index (χ1v) is 7.30. The fourth-order valence-electron chi connectivity index (χ4n) is 1.95. The molecule has 114 valence electrons. The highest BCUT2D eigenvalue weighted by Crippen LogP contribution is 2.12. The van der Waals surface area contributed by atoms with E-state index in [0.29, 0.717) is 13.1 Å². The van der Waals surface area contributed by atoms with E-state index >= 15 is 0 Å². The fraction of sp³-hybridized carbons (Fsp3) is 0.250. The van der Waals surface area contributed by atoms with Crippen molar-refractivity contribution in [2.24, 2.45) is 5.92 Å². The predicted octanol–water partition coefficient (Wildman–Crippen LogP) is 3.83. The van der Waals surface area contributed by atoms with E-state index in [1.54, 1.807) is 17.1 Å². The molecule has 1 heterocycles. The van der Waals surface area contributed by atoms with Crippen LogP contribution in [0.15, 0.2) is 72.9 Å². The summed E-state index contributed by atoms with van der Waals surface area (Å²) < 4.78 is 0. The number of carbonyl (C=O) groups excluding carboxylic acids is 1. The van der Waals surface area contributed by atoms with Gasteiger partial charge in [-0.15, -0.1) is 0 Å². The van der Waals surface area contributed by atoms with Gasteiger partial charge in [-0.3, -0.25) is 4.79 Å². The minimum atomic E-state index is -0.0547. The predicted molar refractivity (Wildman–Crippen MR) is 94.0 cm³/mol. The maximum absolute atomic E-state index is 12.4. The molecule has 0 N–H and O–H groups in total. The Morgan fingerprint density at radius 3 is 2.59 bits per heavy atom. The lowest BCUT2D eigenvalue weighted by molar-refractivity contribution is -0.133. The van der Waals surface area contributed by atoms with Gasteiger partial charge in [-0.05, 0) is 11.6 Å². The van der Waals surface area contributed by atoms with Gasteiger partial charge in [-0.2, -0.15) is 0 Å². The van der Waals surface area contributed by atoms with Crippen LogP contribution in [-0.4, -0.2) is 23.9 Å². The van der Waals surface area contributed by atoms with Crippen LogP contribution >= 0.6 is 0 Å². The molecule has 0 aromatic rings. The molecule has 0 spiro atoms. The summed E-state index contributed by atoms with van der Waals surface area (Å²) in [5.74, 6) is 6.09. The third-order valence-electron chi connectivity index (χ3n) is 3.19. The van der Waals surface area contributed by atoms with Gasteiger partial charge in [-0.25, -0.2) is 0 Å². The van der Waals surface area contributed by atoms with Crippen LogP contribution < -0.4 is 0 Å². The molecule has 2 nitrogen and oxygen atoms in total. The number of hydrogen-bond donors (Lipinski definition) is 0. The molecule has 0 unspecified atom stereocenters. The van der Waals surface area contributed by atoms with E-state index in [-0.39, 0.29) is 11.8 Å². The highest BCUT2D eigenvalue weighted by Gasteiger charge is 2.17. The summed E-state index contributed by atoms with van der Waals surface area (Å²) in [4.78, 5) is 14.2. The van der Waals surface area contributed by atoms with Gasteiger partial charge in [0, 0.05) is 30.2 Å². The minimum Gasteiger partial charge on any atom is -0.334 e. The summed E-state index contributed by atoms with van der Waals surface area (Å²) in [6.07, 6.45) is 11.0. The molecule has 0 saturated carbocycles. The van der Waals surface area contributed by atoms with E-state index in [1.807, 2.05) is 38.2 Å². The zero-order valence-corrected chi connectivity index (χ0v) is 13.4. The number of hydrogen-bond acceptors (Lipinski definition) is 1. The molecular weight excluding hydrogens is 270 g/mol. The van der Waals surface area contributed by atoms with E-state index in [0.717, 1.165) is 16.7 Å². The molecular formula is C20H23NO. The second kappa shape index (κ2) is 8.69. The Morgan fingerprint density at radius 1 is 1.27 bits per heavy atom. The molecule has 2 heteroatoms. The summed E-state index contributed by atoms with van der Waals surface area (Å²) in [6.45, 7) is 16.4. The Morgan fingerprint density at radius 2 is 2.00 bits per heavy atom. The molecule has 0 fully saturated rings. The first-order valence-electron chi connectivity index (χ1n) is 7.30. The lowest BCUT2D eigenvalue weighted by Gasteiger charge is -2.24. The van der Waals surface area contributed by atoms with E-state index in [4.69, 9.17) is 0 Å². The summed E-state index contributed by atoms with van der Waals surface area (Å²) in [7, 11) is 0. The molecule has 22 heavy (non-hydrogen) atoms. The number of allylic oxidation sites excluding steroid dienone is 6. The number of amides is 1. The van der Waals surface area contributed by atoms with Crippen LogP contribution in [0.25, 0.3) is 0 Å². The maximum atomic E-state index is 12.4. The Kier molecular flexibility index (Phi) is 6.92. The number of rotatable bonds is 3. The largest absolute Gasteiger partial charge is 0.334 e. The molecule has 1 aliphatic heterocycles. The molecule has 0 aromatic heterocycles. The van der Waals surface area contributed by atoms with Crippen LogP contribution in [0.5, 0.6) is 0 Å². The molecule has 0 radical (unpaired) electrons. The summed E-state index contributed by atoms with van der Waals surface area (Å²) >= 11 is 0. The van der Waals surface area contributed by atoms with E-state index in [2.05, 4.69) is 31.6 Å². The topological polar surface area (TPSA) is 20.3 Å². The Labute approximate surface area is 133 Å². The third-order valence-corrected chi connectivity index (χ3v) is 3.19. The second-order valence-electron chi connectivity index (χ2n) is 5.28. The zero-order chi connectivity index (χ0) is 16.5. The van der Waals surface area contributed by atoms with Crippen LogP contribution in [0, 0.1) is 17.8 Å². The average Bonchev–Trinajstić information content (AvgIpc) is 2.49. The normalized spacial score (nSPS) is 22.0. The fourth-order valence-corrected chi connectivity index (χ4v) is 1.95. The monoisotopic (exact) mass is 293 g/mol. The summed E-state index contributed by atoms with van der Waals surface area (Å²) in [6, 6.07) is 0. The number of carbonyl (C=O) groups is 1. The van der Waals surface area contributed by atoms with E-state index in [9.17, 15) is 4.79 Å². The van der Waals surface area contributed by atoms with E-state index < -0.39 is 0 Å². The average molecular weight is 293 g/mol. The second-order valence-corrected chi connectivity index (χ2v) is 5.28. The van der Waals surface area contributed by atoms with Crippen molar-refractivity contribution in [3.05, 3.63) is 72.9 Å². The van der Waals surface area contributed by atoms with Gasteiger partial charge < -0.3 is 4.90 Å². The van der Waals surface area contributed by atoms with E-state index in [1.165, 1.54) is 0 Å². The van der Waals surface area contributed by atoms with Gasteiger partial charge >= 0.3 is 0 Å². The van der Waals surface area contributed by atoms with Crippen LogP contribution in [0.4, 0.5) is 0 Å². The molecule has 1 rings (SSSR count). The molecule has 0 aromatic carbocycles. The first kappa shape index (κ1) is 17.5. The molecule has 1 aliphatic rings. The molecule has 1 amide bonds. The summed E-state index contributed by atoms with van der Waals surface area (Å²) in [5, 5.41) is 0. The summed E-state index contributed by atoms with van der Waals surface area (Å²) in [5.41, 5.74) is 2.39. The maximum Gasteiger partial charge on any atom is 0.225 e. The van der Waals surface area contributed by atoms with Gasteiger partial charge in [-0.1, -0.05) is 75.8 Å².